The number of nitrogens with zero attached hydrogens (tertiary/aromatic N) is 2. The van der Waals surface area contributed by atoms with Gasteiger partial charge in [0, 0.05) is 18.2 Å². The van der Waals surface area contributed by atoms with Crippen LogP contribution < -0.4 is 11.4 Å². The third-order valence-corrected chi connectivity index (χ3v) is 3.12. The van der Waals surface area contributed by atoms with Crippen LogP contribution in [0.25, 0.3) is 6.08 Å². The summed E-state index contributed by atoms with van der Waals surface area (Å²) >= 11 is 0. The number of aromatic nitrogens is 2. The van der Waals surface area contributed by atoms with Crippen molar-refractivity contribution < 1.29 is 14.2 Å². The summed E-state index contributed by atoms with van der Waals surface area (Å²) in [5, 5.41) is 9.42. The summed E-state index contributed by atoms with van der Waals surface area (Å²) < 4.78 is 20.3. The Kier molecular flexibility index (Phi) is 3.68. The van der Waals surface area contributed by atoms with Gasteiger partial charge in [0.25, 0.3) is 0 Å². The first-order chi connectivity index (χ1) is 8.93. The van der Waals surface area contributed by atoms with E-state index in [0.717, 1.165) is 4.57 Å². The van der Waals surface area contributed by atoms with Gasteiger partial charge in [-0.1, -0.05) is 12.7 Å². The number of halogens is 1. The molecule has 104 valence electrons. The van der Waals surface area contributed by atoms with Gasteiger partial charge in [-0.3, -0.25) is 4.57 Å². The molecule has 1 aliphatic heterocycles. The van der Waals surface area contributed by atoms with Gasteiger partial charge >= 0.3 is 5.69 Å². The average molecular weight is 269 g/mol. The van der Waals surface area contributed by atoms with Gasteiger partial charge in [-0.15, -0.1) is 0 Å². The lowest BCUT2D eigenvalue weighted by Crippen LogP contribution is -2.32. The number of anilines is 1. The second kappa shape index (κ2) is 5.10. The molecular formula is C12H16FN3O3. The maximum Gasteiger partial charge on any atom is 0.351 e. The van der Waals surface area contributed by atoms with Crippen LogP contribution in [0.4, 0.5) is 10.2 Å². The summed E-state index contributed by atoms with van der Waals surface area (Å²) in [6.45, 7) is 5.05. The Morgan fingerprint density at radius 1 is 1.79 bits per heavy atom. The smallest absolute Gasteiger partial charge is 0.351 e. The molecule has 0 radical (unpaired) electrons. The minimum absolute atomic E-state index is 0.0303. The summed E-state index contributed by atoms with van der Waals surface area (Å²) in [6.07, 6.45) is -1.12. The molecule has 6 nitrogen and oxygen atoms in total. The van der Waals surface area contributed by atoms with Gasteiger partial charge in [0.2, 0.25) is 0 Å². The molecule has 2 rings (SSSR count). The molecule has 1 unspecified atom stereocenters. The fourth-order valence-corrected chi connectivity index (χ4v) is 2.04. The lowest BCUT2D eigenvalue weighted by Gasteiger charge is -2.18. The van der Waals surface area contributed by atoms with Crippen LogP contribution in [0.5, 0.6) is 0 Å². The lowest BCUT2D eigenvalue weighted by molar-refractivity contribution is -0.0641. The first-order valence-electron chi connectivity index (χ1n) is 5.92. The fourth-order valence-electron chi connectivity index (χ4n) is 2.04. The number of hydrogen-bond donors (Lipinski definition) is 2. The summed E-state index contributed by atoms with van der Waals surface area (Å²) in [7, 11) is 0. The molecule has 1 aliphatic rings. The lowest BCUT2D eigenvalue weighted by atomic mass is 10.1. The fraction of sp³-hybridized carbons (Fsp3) is 0.500. The van der Waals surface area contributed by atoms with E-state index in [0.29, 0.717) is 5.56 Å². The molecule has 1 saturated heterocycles. The Bertz CT molecular complexity index is 544. The molecule has 4 atom stereocenters. The van der Waals surface area contributed by atoms with Crippen molar-refractivity contribution in [2.24, 2.45) is 0 Å². The maximum absolute atomic E-state index is 13.9. The van der Waals surface area contributed by atoms with Crippen LogP contribution in [-0.4, -0.2) is 33.0 Å². The zero-order valence-electron chi connectivity index (χ0n) is 10.5. The highest BCUT2D eigenvalue weighted by Gasteiger charge is 2.39. The molecule has 0 amide bonds. The van der Waals surface area contributed by atoms with E-state index in [1.807, 2.05) is 0 Å². The SMILES string of the molecule is C=Cc1cn([C@@H]2OC([C@H](C)O)C[C@@H]2F)c(=O)nc1N. The predicted molar refractivity (Wildman–Crippen MR) is 68.1 cm³/mol. The molecule has 0 bridgehead atoms. The molecule has 0 aromatic carbocycles. The van der Waals surface area contributed by atoms with Gasteiger partial charge in [0.15, 0.2) is 6.23 Å². The number of rotatable bonds is 3. The molecule has 0 spiro atoms. The van der Waals surface area contributed by atoms with E-state index in [1.165, 1.54) is 19.2 Å². The highest BCUT2D eigenvalue weighted by molar-refractivity contribution is 5.57. The molecule has 1 fully saturated rings. The second-order valence-electron chi connectivity index (χ2n) is 4.53. The zero-order valence-corrected chi connectivity index (χ0v) is 10.5. The van der Waals surface area contributed by atoms with Crippen molar-refractivity contribution in [3.8, 4) is 0 Å². The van der Waals surface area contributed by atoms with Crippen LogP contribution in [-0.2, 0) is 4.74 Å². The van der Waals surface area contributed by atoms with Crippen molar-refractivity contribution in [1.29, 1.82) is 0 Å². The predicted octanol–water partition coefficient (Wildman–Crippen LogP) is 0.475. The van der Waals surface area contributed by atoms with Crippen LogP contribution in [0.2, 0.25) is 0 Å². The van der Waals surface area contributed by atoms with Gasteiger partial charge < -0.3 is 15.6 Å². The second-order valence-corrected chi connectivity index (χ2v) is 4.53. The molecule has 2 heterocycles. The summed E-state index contributed by atoms with van der Waals surface area (Å²) in [6, 6.07) is 0. The van der Waals surface area contributed by atoms with Crippen LogP contribution in [0.3, 0.4) is 0 Å². The number of alkyl halides is 1. The van der Waals surface area contributed by atoms with Gasteiger partial charge in [-0.25, -0.2) is 9.18 Å². The van der Waals surface area contributed by atoms with E-state index in [9.17, 15) is 14.3 Å². The number of nitrogen functional groups attached to an aromatic ring is 1. The zero-order chi connectivity index (χ0) is 14.2. The quantitative estimate of drug-likeness (QED) is 0.832. The van der Waals surface area contributed by atoms with Crippen LogP contribution in [0.1, 0.15) is 25.1 Å². The molecular weight excluding hydrogens is 253 g/mol. The van der Waals surface area contributed by atoms with Crippen molar-refractivity contribution >= 4 is 11.9 Å². The first kappa shape index (κ1) is 13.7. The Morgan fingerprint density at radius 3 is 3.00 bits per heavy atom. The van der Waals surface area contributed by atoms with Gasteiger partial charge in [0.05, 0.1) is 12.2 Å². The largest absolute Gasteiger partial charge is 0.391 e. The Hall–Kier alpha value is -1.73. The van der Waals surface area contributed by atoms with Crippen molar-refractivity contribution in [2.45, 2.75) is 38.0 Å². The molecule has 0 saturated carbocycles. The minimum atomic E-state index is -1.39. The topological polar surface area (TPSA) is 90.4 Å². The van der Waals surface area contributed by atoms with Gasteiger partial charge in [-0.2, -0.15) is 4.98 Å². The molecule has 1 aromatic heterocycles. The van der Waals surface area contributed by atoms with Crippen LogP contribution in [0.15, 0.2) is 17.6 Å². The Balaban J connectivity index is 2.37. The minimum Gasteiger partial charge on any atom is -0.391 e. The first-order valence-corrected chi connectivity index (χ1v) is 5.92. The highest BCUT2D eigenvalue weighted by Crippen LogP contribution is 2.32. The molecule has 0 aliphatic carbocycles. The van der Waals surface area contributed by atoms with Crippen molar-refractivity contribution in [1.82, 2.24) is 9.55 Å². The van der Waals surface area contributed by atoms with E-state index in [-0.39, 0.29) is 12.2 Å². The van der Waals surface area contributed by atoms with E-state index in [2.05, 4.69) is 11.6 Å². The Labute approximate surface area is 109 Å². The van der Waals surface area contributed by atoms with E-state index >= 15 is 0 Å². The third-order valence-electron chi connectivity index (χ3n) is 3.12. The van der Waals surface area contributed by atoms with E-state index < -0.39 is 30.3 Å². The summed E-state index contributed by atoms with van der Waals surface area (Å²) in [4.78, 5) is 15.3. The summed E-state index contributed by atoms with van der Waals surface area (Å²) in [5.41, 5.74) is 5.27. The van der Waals surface area contributed by atoms with E-state index in [1.54, 1.807) is 0 Å². The number of aliphatic hydroxyl groups is 1. The van der Waals surface area contributed by atoms with Gasteiger partial charge in [0.1, 0.15) is 12.0 Å². The standard InChI is InChI=1S/C12H16FN3O3/c1-3-7-5-16(12(18)15-10(7)14)11-8(13)4-9(19-11)6(2)17/h3,5-6,8-9,11,17H,1,4H2,2H3,(H2,14,15,18)/t6-,8-,9?,11+/m0/s1. The number of nitrogens with two attached hydrogens (primary N) is 1. The number of aliphatic hydroxyl groups excluding tert-OH is 1. The van der Waals surface area contributed by atoms with Crippen molar-refractivity contribution in [2.75, 3.05) is 5.73 Å². The highest BCUT2D eigenvalue weighted by atomic mass is 19.1. The summed E-state index contributed by atoms with van der Waals surface area (Å²) in [5.74, 6) is 0.0386. The monoisotopic (exact) mass is 269 g/mol. The number of hydrogen-bond acceptors (Lipinski definition) is 5. The number of ether oxygens (including phenoxy) is 1. The molecule has 1 aromatic rings. The molecule has 3 N–H and O–H groups in total. The van der Waals surface area contributed by atoms with Crippen LogP contribution >= 0.6 is 0 Å². The van der Waals surface area contributed by atoms with Gasteiger partial charge in [-0.05, 0) is 6.92 Å². The van der Waals surface area contributed by atoms with Crippen LogP contribution in [0, 0.1) is 0 Å². The normalized spacial score (nSPS) is 28.3. The van der Waals surface area contributed by atoms with Crippen molar-refractivity contribution in [3.05, 3.63) is 28.8 Å². The average Bonchev–Trinajstić information content (AvgIpc) is 2.72. The Morgan fingerprint density at radius 2 is 2.47 bits per heavy atom. The third kappa shape index (κ3) is 2.52. The van der Waals surface area contributed by atoms with Crippen molar-refractivity contribution in [3.63, 3.8) is 0 Å². The molecule has 7 heteroatoms. The molecule has 19 heavy (non-hydrogen) atoms. The maximum atomic E-state index is 13.9. The van der Waals surface area contributed by atoms with E-state index in [4.69, 9.17) is 10.5 Å².